The smallest absolute Gasteiger partial charge is 0.283 e. The number of amidine groups is 1. The lowest BCUT2D eigenvalue weighted by Gasteiger charge is -2.32. The van der Waals surface area contributed by atoms with Crippen molar-refractivity contribution in [2.45, 2.75) is 24.5 Å². The summed E-state index contributed by atoms with van der Waals surface area (Å²) >= 11 is 6.38. The average molecular weight is 405 g/mol. The van der Waals surface area contributed by atoms with E-state index in [1.54, 1.807) is 18.2 Å². The molecule has 28 heavy (non-hydrogen) atoms. The predicted molar refractivity (Wildman–Crippen MR) is 100 cm³/mol. The van der Waals surface area contributed by atoms with Gasteiger partial charge in [0.05, 0.1) is 19.5 Å². The highest BCUT2D eigenvalue weighted by atomic mass is 35.5. The number of carbonyl (C=O) groups is 1. The monoisotopic (exact) mass is 404 g/mol. The van der Waals surface area contributed by atoms with Gasteiger partial charge in [0.25, 0.3) is 6.02 Å². The molecular formula is C19H18ClFN4O3. The van der Waals surface area contributed by atoms with E-state index in [0.29, 0.717) is 28.5 Å². The van der Waals surface area contributed by atoms with Gasteiger partial charge in [0, 0.05) is 22.9 Å². The van der Waals surface area contributed by atoms with Crippen LogP contribution in [0.25, 0.3) is 0 Å². The van der Waals surface area contributed by atoms with Crippen LogP contribution in [0.15, 0.2) is 35.6 Å². The first-order chi connectivity index (χ1) is 13.5. The van der Waals surface area contributed by atoms with Gasteiger partial charge in [-0.05, 0) is 18.1 Å². The van der Waals surface area contributed by atoms with Gasteiger partial charge in [-0.1, -0.05) is 23.7 Å². The molecule has 0 spiro atoms. The summed E-state index contributed by atoms with van der Waals surface area (Å²) in [6, 6.07) is 5.05. The molecule has 1 aromatic carbocycles. The molecule has 9 heteroatoms. The van der Waals surface area contributed by atoms with Crippen LogP contribution < -0.4 is 10.5 Å². The molecule has 0 saturated heterocycles. The molecular weight excluding hydrogens is 387 g/mol. The fraction of sp³-hybridized carbons (Fsp3) is 0.368. The number of ketones is 1. The summed E-state index contributed by atoms with van der Waals surface area (Å²) in [6.45, 7) is -0.751. The second-order valence-corrected chi connectivity index (χ2v) is 7.27. The average Bonchev–Trinajstić information content (AvgIpc) is 3.48. The van der Waals surface area contributed by atoms with E-state index in [1.807, 2.05) is 0 Å². The summed E-state index contributed by atoms with van der Waals surface area (Å²) in [5.41, 5.74) is 5.97. The van der Waals surface area contributed by atoms with Crippen LogP contribution in [0.2, 0.25) is 5.02 Å². The second kappa shape index (κ2) is 7.01. The predicted octanol–water partition coefficient (Wildman–Crippen LogP) is 2.46. The summed E-state index contributed by atoms with van der Waals surface area (Å²) in [5, 5.41) is 0.377. The van der Waals surface area contributed by atoms with Gasteiger partial charge in [-0.25, -0.2) is 19.4 Å². The van der Waals surface area contributed by atoms with Crippen LogP contribution in [0.4, 0.5) is 4.39 Å². The van der Waals surface area contributed by atoms with E-state index >= 15 is 0 Å². The molecule has 1 aliphatic carbocycles. The van der Waals surface area contributed by atoms with Gasteiger partial charge in [-0.3, -0.25) is 4.79 Å². The van der Waals surface area contributed by atoms with Gasteiger partial charge in [0.15, 0.2) is 5.78 Å². The minimum atomic E-state index is -1.18. The van der Waals surface area contributed by atoms with Crippen molar-refractivity contribution in [2.24, 2.45) is 16.6 Å². The molecule has 7 nitrogen and oxygen atoms in total. The SMILES string of the molecule is COc1cnc(C(=O)Cc2ccc(Cl)c([C@]3(CF)N=C(N)O[C@H]4C[C@H]43)c2)cn1. The molecule has 2 N–H and O–H groups in total. The minimum Gasteiger partial charge on any atom is -0.480 e. The number of carbonyl (C=O) groups excluding carboxylic acids is 1. The zero-order valence-corrected chi connectivity index (χ0v) is 15.8. The maximum absolute atomic E-state index is 14.2. The van der Waals surface area contributed by atoms with Gasteiger partial charge in [-0.2, -0.15) is 0 Å². The highest BCUT2D eigenvalue weighted by Gasteiger charge is 2.59. The van der Waals surface area contributed by atoms with E-state index in [2.05, 4.69) is 15.0 Å². The first-order valence-corrected chi connectivity index (χ1v) is 9.10. The Bertz CT molecular complexity index is 953. The first-order valence-electron chi connectivity index (χ1n) is 8.73. The molecule has 1 saturated carbocycles. The van der Waals surface area contributed by atoms with Crippen molar-refractivity contribution in [2.75, 3.05) is 13.8 Å². The zero-order valence-electron chi connectivity index (χ0n) is 15.1. The third-order valence-corrected chi connectivity index (χ3v) is 5.45. The Morgan fingerprint density at radius 1 is 1.43 bits per heavy atom. The van der Waals surface area contributed by atoms with Crippen LogP contribution in [-0.4, -0.2) is 41.7 Å². The number of aliphatic imine (C=N–C) groups is 1. The summed E-state index contributed by atoms with van der Waals surface area (Å²) < 4.78 is 24.5. The van der Waals surface area contributed by atoms with Gasteiger partial charge in [0.2, 0.25) is 5.88 Å². The lowest BCUT2D eigenvalue weighted by Crippen LogP contribution is -2.39. The highest BCUT2D eigenvalue weighted by Crippen LogP contribution is 2.54. The Morgan fingerprint density at radius 2 is 2.25 bits per heavy atom. The number of aromatic nitrogens is 2. The van der Waals surface area contributed by atoms with Gasteiger partial charge < -0.3 is 15.2 Å². The molecule has 0 bridgehead atoms. The van der Waals surface area contributed by atoms with Crippen LogP contribution in [-0.2, 0) is 16.7 Å². The number of halogens is 2. The Labute approximate surface area is 165 Å². The third kappa shape index (κ3) is 3.17. The van der Waals surface area contributed by atoms with E-state index in [-0.39, 0.29) is 35.9 Å². The first kappa shape index (κ1) is 18.6. The largest absolute Gasteiger partial charge is 0.480 e. The summed E-state index contributed by atoms with van der Waals surface area (Å²) in [7, 11) is 1.47. The lowest BCUT2D eigenvalue weighted by atomic mass is 9.84. The maximum Gasteiger partial charge on any atom is 0.283 e. The molecule has 0 unspecified atom stereocenters. The number of benzene rings is 1. The van der Waals surface area contributed by atoms with E-state index in [1.165, 1.54) is 19.5 Å². The number of hydrogen-bond donors (Lipinski definition) is 1. The summed E-state index contributed by atoms with van der Waals surface area (Å²) in [6.07, 6.45) is 3.32. The number of Topliss-reactive ketones (excluding diaryl/α,β-unsaturated/α-hetero) is 1. The van der Waals surface area contributed by atoms with Gasteiger partial charge in [0.1, 0.15) is 24.0 Å². The topological polar surface area (TPSA) is 99.7 Å². The molecule has 2 aromatic rings. The van der Waals surface area contributed by atoms with Crippen LogP contribution >= 0.6 is 11.6 Å². The van der Waals surface area contributed by atoms with Crippen molar-refractivity contribution >= 4 is 23.4 Å². The lowest BCUT2D eigenvalue weighted by molar-refractivity contribution is 0.0987. The number of rotatable bonds is 6. The Hall–Kier alpha value is -2.74. The Morgan fingerprint density at radius 3 is 2.93 bits per heavy atom. The van der Waals surface area contributed by atoms with Crippen molar-refractivity contribution in [1.82, 2.24) is 9.97 Å². The van der Waals surface area contributed by atoms with Gasteiger partial charge >= 0.3 is 0 Å². The maximum atomic E-state index is 14.2. The number of alkyl halides is 1. The molecule has 146 valence electrons. The number of methoxy groups -OCH3 is 1. The zero-order chi connectivity index (χ0) is 19.9. The second-order valence-electron chi connectivity index (χ2n) is 6.86. The van der Waals surface area contributed by atoms with Crippen LogP contribution in [0.3, 0.4) is 0 Å². The van der Waals surface area contributed by atoms with E-state index in [0.717, 1.165) is 0 Å². The Kier molecular flexibility index (Phi) is 4.66. The number of nitrogens with zero attached hydrogens (tertiary/aromatic N) is 3. The molecule has 2 heterocycles. The number of ether oxygens (including phenoxy) is 2. The molecule has 4 rings (SSSR count). The molecule has 1 aliphatic heterocycles. The molecule has 2 aliphatic rings. The van der Waals surface area contributed by atoms with Crippen molar-refractivity contribution in [3.8, 4) is 5.88 Å². The summed E-state index contributed by atoms with van der Waals surface area (Å²) in [4.78, 5) is 24.9. The third-order valence-electron chi connectivity index (χ3n) is 5.12. The molecule has 1 aromatic heterocycles. The van der Waals surface area contributed by atoms with Crippen molar-refractivity contribution in [1.29, 1.82) is 0 Å². The van der Waals surface area contributed by atoms with Crippen LogP contribution in [0, 0.1) is 5.92 Å². The van der Waals surface area contributed by atoms with Crippen LogP contribution in [0.5, 0.6) is 5.88 Å². The van der Waals surface area contributed by atoms with Crippen molar-refractivity contribution < 1.29 is 18.7 Å². The number of fused-ring (bicyclic) bond motifs is 1. The van der Waals surface area contributed by atoms with E-state index < -0.39 is 12.2 Å². The van der Waals surface area contributed by atoms with Crippen molar-refractivity contribution in [3.05, 3.63) is 52.4 Å². The summed E-state index contributed by atoms with van der Waals surface area (Å²) in [5.74, 6) is -0.0260. The van der Waals surface area contributed by atoms with E-state index in [4.69, 9.17) is 26.8 Å². The normalized spacial score (nSPS) is 25.3. The molecule has 3 atom stereocenters. The highest BCUT2D eigenvalue weighted by molar-refractivity contribution is 6.31. The quantitative estimate of drug-likeness (QED) is 0.742. The fourth-order valence-corrected chi connectivity index (χ4v) is 3.86. The van der Waals surface area contributed by atoms with E-state index in [9.17, 15) is 9.18 Å². The fourth-order valence-electron chi connectivity index (χ4n) is 3.58. The number of nitrogens with two attached hydrogens (primary N) is 1. The molecule has 0 radical (unpaired) electrons. The molecule has 1 fully saturated rings. The number of hydrogen-bond acceptors (Lipinski definition) is 7. The standard InChI is InChI=1S/C19H18ClFN4O3/c1-27-17-8-23-14(7-24-17)15(26)5-10-2-3-13(20)11(4-10)19(9-21)12-6-16(12)28-18(22)25-19/h2-4,7-8,12,16H,5-6,9H2,1H3,(H2,22,25)/t12-,16+,19+/m1/s1. The minimum absolute atomic E-state index is 0.0394. The van der Waals surface area contributed by atoms with Gasteiger partial charge in [-0.15, -0.1) is 0 Å². The van der Waals surface area contributed by atoms with Crippen LogP contribution in [0.1, 0.15) is 28.0 Å². The molecule has 0 amide bonds. The van der Waals surface area contributed by atoms with Crippen molar-refractivity contribution in [3.63, 3.8) is 0 Å². The Balaban J connectivity index is 1.64.